The van der Waals surface area contributed by atoms with Crippen LogP contribution in [-0.4, -0.2) is 11.4 Å². The topological polar surface area (TPSA) is 33.4 Å². The standard InChI is InChI=1S/C16H13ClO2S/c1-20-13-5-2-10(3-6-13)16(18)15-9-11-8-12(17)4-7-14(11)19-15/h2-9,16,18H,1H3. The fourth-order valence-corrected chi connectivity index (χ4v) is 2.71. The number of halogens is 1. The highest BCUT2D eigenvalue weighted by Crippen LogP contribution is 2.30. The predicted molar refractivity (Wildman–Crippen MR) is 83.5 cm³/mol. The third-order valence-corrected chi connectivity index (χ3v) is 4.18. The molecule has 0 bridgehead atoms. The molecule has 0 spiro atoms. The molecule has 0 aliphatic heterocycles. The lowest BCUT2D eigenvalue weighted by Crippen LogP contribution is -1.97. The van der Waals surface area contributed by atoms with E-state index in [0.717, 1.165) is 21.4 Å². The van der Waals surface area contributed by atoms with Crippen molar-refractivity contribution in [3.05, 3.63) is 64.9 Å². The molecule has 1 atom stereocenters. The fourth-order valence-electron chi connectivity index (χ4n) is 2.12. The van der Waals surface area contributed by atoms with Gasteiger partial charge in [-0.15, -0.1) is 11.8 Å². The second-order valence-electron chi connectivity index (χ2n) is 4.51. The quantitative estimate of drug-likeness (QED) is 0.699. The minimum atomic E-state index is -0.767. The molecule has 102 valence electrons. The van der Waals surface area contributed by atoms with E-state index in [1.807, 2.05) is 48.7 Å². The Morgan fingerprint density at radius 3 is 2.55 bits per heavy atom. The summed E-state index contributed by atoms with van der Waals surface area (Å²) in [6.07, 6.45) is 1.26. The summed E-state index contributed by atoms with van der Waals surface area (Å²) in [6, 6.07) is 15.0. The van der Waals surface area contributed by atoms with E-state index in [4.69, 9.17) is 16.0 Å². The van der Waals surface area contributed by atoms with Gasteiger partial charge in [0, 0.05) is 15.3 Å². The van der Waals surface area contributed by atoms with Crippen LogP contribution in [0, 0.1) is 0 Å². The molecule has 0 saturated heterocycles. The third kappa shape index (κ3) is 2.57. The van der Waals surface area contributed by atoms with E-state index in [1.165, 1.54) is 0 Å². The van der Waals surface area contributed by atoms with Crippen molar-refractivity contribution in [2.45, 2.75) is 11.0 Å². The number of hydrogen-bond donors (Lipinski definition) is 1. The van der Waals surface area contributed by atoms with Gasteiger partial charge in [0.15, 0.2) is 0 Å². The van der Waals surface area contributed by atoms with Crippen molar-refractivity contribution in [1.82, 2.24) is 0 Å². The maximum atomic E-state index is 10.4. The zero-order chi connectivity index (χ0) is 14.1. The van der Waals surface area contributed by atoms with Gasteiger partial charge in [-0.25, -0.2) is 0 Å². The largest absolute Gasteiger partial charge is 0.458 e. The molecule has 1 N–H and O–H groups in total. The number of rotatable bonds is 3. The average Bonchev–Trinajstić information content (AvgIpc) is 2.89. The lowest BCUT2D eigenvalue weighted by atomic mass is 10.1. The number of aliphatic hydroxyl groups excluding tert-OH is 1. The number of hydrogen-bond acceptors (Lipinski definition) is 3. The maximum Gasteiger partial charge on any atom is 0.138 e. The van der Waals surface area contributed by atoms with Crippen LogP contribution in [0.4, 0.5) is 0 Å². The van der Waals surface area contributed by atoms with Crippen LogP contribution in [0.25, 0.3) is 11.0 Å². The average molecular weight is 305 g/mol. The molecule has 4 heteroatoms. The van der Waals surface area contributed by atoms with Crippen LogP contribution in [0.5, 0.6) is 0 Å². The van der Waals surface area contributed by atoms with Gasteiger partial charge < -0.3 is 9.52 Å². The monoisotopic (exact) mass is 304 g/mol. The van der Waals surface area contributed by atoms with Crippen molar-refractivity contribution in [2.24, 2.45) is 0 Å². The van der Waals surface area contributed by atoms with E-state index in [0.29, 0.717) is 10.8 Å². The molecule has 0 aliphatic rings. The SMILES string of the molecule is CSc1ccc(C(O)c2cc3cc(Cl)ccc3o2)cc1. The normalized spacial score (nSPS) is 12.8. The zero-order valence-corrected chi connectivity index (χ0v) is 12.4. The molecule has 2 aromatic carbocycles. The Morgan fingerprint density at radius 2 is 1.85 bits per heavy atom. The van der Waals surface area contributed by atoms with Crippen molar-refractivity contribution in [1.29, 1.82) is 0 Å². The van der Waals surface area contributed by atoms with E-state index >= 15 is 0 Å². The van der Waals surface area contributed by atoms with Crippen LogP contribution in [0.2, 0.25) is 5.02 Å². The van der Waals surface area contributed by atoms with Crippen LogP contribution in [0.1, 0.15) is 17.4 Å². The highest BCUT2D eigenvalue weighted by molar-refractivity contribution is 7.98. The molecule has 0 aliphatic carbocycles. The molecular formula is C16H13ClO2S. The lowest BCUT2D eigenvalue weighted by Gasteiger charge is -2.08. The van der Waals surface area contributed by atoms with Gasteiger partial charge in [-0.05, 0) is 48.2 Å². The molecule has 2 nitrogen and oxygen atoms in total. The Morgan fingerprint density at radius 1 is 1.10 bits per heavy atom. The molecule has 0 radical (unpaired) electrons. The first-order valence-corrected chi connectivity index (χ1v) is 7.78. The third-order valence-electron chi connectivity index (χ3n) is 3.20. The van der Waals surface area contributed by atoms with Crippen LogP contribution >= 0.6 is 23.4 Å². The lowest BCUT2D eigenvalue weighted by molar-refractivity contribution is 0.192. The van der Waals surface area contributed by atoms with Crippen molar-refractivity contribution >= 4 is 34.3 Å². The Balaban J connectivity index is 1.96. The van der Waals surface area contributed by atoms with Gasteiger partial charge in [-0.2, -0.15) is 0 Å². The highest BCUT2D eigenvalue weighted by atomic mass is 35.5. The van der Waals surface area contributed by atoms with Crippen molar-refractivity contribution in [2.75, 3.05) is 6.26 Å². The van der Waals surface area contributed by atoms with Crippen molar-refractivity contribution < 1.29 is 9.52 Å². The fraction of sp³-hybridized carbons (Fsp3) is 0.125. The molecule has 3 aromatic rings. The molecule has 1 unspecified atom stereocenters. The van der Waals surface area contributed by atoms with Gasteiger partial charge in [-0.3, -0.25) is 0 Å². The first-order valence-electron chi connectivity index (χ1n) is 6.18. The molecule has 1 heterocycles. The Hall–Kier alpha value is -1.42. The maximum absolute atomic E-state index is 10.4. The first-order chi connectivity index (χ1) is 9.67. The number of aliphatic hydroxyl groups is 1. The molecule has 20 heavy (non-hydrogen) atoms. The van der Waals surface area contributed by atoms with Crippen LogP contribution in [-0.2, 0) is 0 Å². The predicted octanol–water partition coefficient (Wildman–Crippen LogP) is 4.89. The summed E-state index contributed by atoms with van der Waals surface area (Å²) in [5.41, 5.74) is 1.54. The number of thioether (sulfide) groups is 1. The summed E-state index contributed by atoms with van der Waals surface area (Å²) in [5, 5.41) is 11.9. The summed E-state index contributed by atoms with van der Waals surface area (Å²) >= 11 is 7.62. The van der Waals surface area contributed by atoms with Crippen molar-refractivity contribution in [3.8, 4) is 0 Å². The van der Waals surface area contributed by atoms with Crippen molar-refractivity contribution in [3.63, 3.8) is 0 Å². The van der Waals surface area contributed by atoms with Gasteiger partial charge >= 0.3 is 0 Å². The van der Waals surface area contributed by atoms with E-state index in [9.17, 15) is 5.11 Å². The zero-order valence-electron chi connectivity index (χ0n) is 10.8. The summed E-state index contributed by atoms with van der Waals surface area (Å²) in [5.74, 6) is 0.527. The Labute approximate surface area is 126 Å². The van der Waals surface area contributed by atoms with Gasteiger partial charge in [0.2, 0.25) is 0 Å². The second-order valence-corrected chi connectivity index (χ2v) is 5.82. The minimum absolute atomic E-state index is 0.527. The molecule has 0 fully saturated rings. The van der Waals surface area contributed by atoms with Gasteiger partial charge in [0.25, 0.3) is 0 Å². The van der Waals surface area contributed by atoms with E-state index in [-0.39, 0.29) is 0 Å². The summed E-state index contributed by atoms with van der Waals surface area (Å²) in [6.45, 7) is 0. The van der Waals surface area contributed by atoms with E-state index in [1.54, 1.807) is 17.8 Å². The summed E-state index contributed by atoms with van der Waals surface area (Å²) in [7, 11) is 0. The first kappa shape index (κ1) is 13.6. The van der Waals surface area contributed by atoms with Gasteiger partial charge in [-0.1, -0.05) is 23.7 Å². The number of furan rings is 1. The molecule has 0 amide bonds. The summed E-state index contributed by atoms with van der Waals surface area (Å²) in [4.78, 5) is 1.16. The van der Waals surface area contributed by atoms with Crippen LogP contribution in [0.3, 0.4) is 0 Å². The Kier molecular flexibility index (Phi) is 3.74. The van der Waals surface area contributed by atoms with E-state index in [2.05, 4.69) is 0 Å². The molecule has 0 saturated carbocycles. The number of benzene rings is 2. The molecule has 1 aromatic heterocycles. The Bertz CT molecular complexity index is 734. The molecular weight excluding hydrogens is 292 g/mol. The summed E-state index contributed by atoms with van der Waals surface area (Å²) < 4.78 is 5.68. The number of fused-ring (bicyclic) bond motifs is 1. The smallest absolute Gasteiger partial charge is 0.138 e. The van der Waals surface area contributed by atoms with Crippen LogP contribution < -0.4 is 0 Å². The molecule has 3 rings (SSSR count). The minimum Gasteiger partial charge on any atom is -0.458 e. The highest BCUT2D eigenvalue weighted by Gasteiger charge is 2.15. The second kappa shape index (κ2) is 5.52. The van der Waals surface area contributed by atoms with Crippen LogP contribution in [0.15, 0.2) is 57.8 Å². The van der Waals surface area contributed by atoms with Gasteiger partial charge in [0.05, 0.1) is 0 Å². The van der Waals surface area contributed by atoms with E-state index < -0.39 is 6.10 Å². The van der Waals surface area contributed by atoms with Gasteiger partial charge in [0.1, 0.15) is 17.4 Å².